The van der Waals surface area contributed by atoms with Gasteiger partial charge in [-0.3, -0.25) is 4.79 Å². The molecule has 2 aromatic rings. The predicted octanol–water partition coefficient (Wildman–Crippen LogP) is 7.18. The molecular weight excluding hydrogens is 584 g/mol. The van der Waals surface area contributed by atoms with Gasteiger partial charge in [-0.25, -0.2) is 4.79 Å². The highest BCUT2D eigenvalue weighted by Gasteiger charge is 2.28. The molecule has 0 bridgehead atoms. The van der Waals surface area contributed by atoms with Gasteiger partial charge in [0.15, 0.2) is 0 Å². The Morgan fingerprint density at radius 3 is 2.09 bits per heavy atom. The summed E-state index contributed by atoms with van der Waals surface area (Å²) in [6.45, 7) is 10.7. The molecule has 0 amide bonds. The van der Waals surface area contributed by atoms with Crippen molar-refractivity contribution in [2.75, 3.05) is 39.6 Å². The van der Waals surface area contributed by atoms with E-state index >= 15 is 0 Å². The first-order valence-electron chi connectivity index (χ1n) is 16.9. The highest BCUT2D eigenvalue weighted by atomic mass is 16.6. The Balaban J connectivity index is 1.74. The van der Waals surface area contributed by atoms with Gasteiger partial charge in [-0.05, 0) is 92.2 Å². The van der Waals surface area contributed by atoms with Gasteiger partial charge in [0.1, 0.15) is 37.9 Å². The Morgan fingerprint density at radius 1 is 0.848 bits per heavy atom. The van der Waals surface area contributed by atoms with E-state index in [0.29, 0.717) is 17.4 Å². The molecule has 46 heavy (non-hydrogen) atoms. The first kappa shape index (κ1) is 37.1. The molecule has 1 fully saturated rings. The average Bonchev–Trinajstić information content (AvgIpc) is 3.08. The highest BCUT2D eigenvalue weighted by Crippen LogP contribution is 2.40. The van der Waals surface area contributed by atoms with Gasteiger partial charge in [-0.15, -0.1) is 0 Å². The average molecular weight is 639 g/mol. The summed E-state index contributed by atoms with van der Waals surface area (Å²) >= 11 is 0. The quantitative estimate of drug-likeness (QED) is 0.0946. The number of unbranched alkanes of at least 4 members (excludes halogenated alkanes) is 2. The number of aryl methyl sites for hydroxylation is 1. The summed E-state index contributed by atoms with van der Waals surface area (Å²) in [5.74, 6) is 1.38. The Labute approximate surface area is 275 Å². The number of carbonyl (C=O) groups excluding carboxylic acids is 2. The maximum absolute atomic E-state index is 12.2. The molecule has 0 aromatic heterocycles. The molecule has 2 N–H and O–H groups in total. The topological polar surface area (TPSA) is 112 Å². The van der Waals surface area contributed by atoms with Gasteiger partial charge >= 0.3 is 11.9 Å². The zero-order chi connectivity index (χ0) is 33.5. The minimum Gasteiger partial charge on any atom is -0.490 e. The number of ether oxygens (including phenoxy) is 4. The summed E-state index contributed by atoms with van der Waals surface area (Å²) in [7, 11) is 0. The highest BCUT2D eigenvalue weighted by molar-refractivity contribution is 5.87. The van der Waals surface area contributed by atoms with E-state index < -0.39 is 24.0 Å². The van der Waals surface area contributed by atoms with E-state index in [9.17, 15) is 14.7 Å². The summed E-state index contributed by atoms with van der Waals surface area (Å²) in [5.41, 5.74) is 3.78. The van der Waals surface area contributed by atoms with E-state index in [-0.39, 0.29) is 38.6 Å². The minimum absolute atomic E-state index is 0.00953. The molecule has 8 heteroatoms. The number of esters is 2. The third-order valence-corrected chi connectivity index (χ3v) is 8.84. The van der Waals surface area contributed by atoms with Crippen LogP contribution in [0.15, 0.2) is 48.6 Å². The van der Waals surface area contributed by atoms with Crippen LogP contribution in [0, 0.1) is 11.3 Å². The zero-order valence-corrected chi connectivity index (χ0v) is 28.3. The molecule has 0 heterocycles. The summed E-state index contributed by atoms with van der Waals surface area (Å²) in [5, 5.41) is 18.5. The number of aliphatic hydroxyl groups excluding tert-OH is 2. The smallest absolute Gasteiger partial charge is 0.335 e. The standard InChI is InChI=1S/C38H54O8/c1-6-8-9-10-28-11-13-30(14-12-28)35-16-15-31(21-29(35)7-2)32-22-33(43-17-19-45-36(41)27(3)25-39)24-34(23-32)44-18-20-46-37(42)38(4,5)26-40/h15-16,21-24,28,30,39-40H,3,6-14,17-20,25-26H2,1-2,4-5H3. The lowest BCUT2D eigenvalue weighted by atomic mass is 9.75. The molecule has 1 saturated carbocycles. The van der Waals surface area contributed by atoms with Crippen LogP contribution in [0.5, 0.6) is 11.5 Å². The first-order chi connectivity index (χ1) is 22.1. The lowest BCUT2D eigenvalue weighted by Gasteiger charge is -2.30. The molecule has 1 aliphatic rings. The number of hydrogen-bond donors (Lipinski definition) is 2. The van der Waals surface area contributed by atoms with Gasteiger partial charge in [0.25, 0.3) is 0 Å². The van der Waals surface area contributed by atoms with E-state index in [0.717, 1.165) is 23.5 Å². The van der Waals surface area contributed by atoms with Crippen LogP contribution < -0.4 is 9.47 Å². The number of benzene rings is 2. The van der Waals surface area contributed by atoms with Crippen LogP contribution in [-0.2, 0) is 25.5 Å². The molecule has 8 nitrogen and oxygen atoms in total. The van der Waals surface area contributed by atoms with Gasteiger partial charge in [-0.1, -0.05) is 64.3 Å². The lowest BCUT2D eigenvalue weighted by Crippen LogP contribution is -2.31. The van der Waals surface area contributed by atoms with Crippen molar-refractivity contribution in [1.29, 1.82) is 0 Å². The van der Waals surface area contributed by atoms with E-state index in [4.69, 9.17) is 24.1 Å². The fourth-order valence-electron chi connectivity index (χ4n) is 5.85. The monoisotopic (exact) mass is 638 g/mol. The van der Waals surface area contributed by atoms with Crippen molar-refractivity contribution in [1.82, 2.24) is 0 Å². The van der Waals surface area contributed by atoms with Crippen molar-refractivity contribution in [2.24, 2.45) is 11.3 Å². The molecule has 2 aromatic carbocycles. The fourth-order valence-corrected chi connectivity index (χ4v) is 5.85. The number of aliphatic hydroxyl groups is 2. The van der Waals surface area contributed by atoms with Crippen LogP contribution >= 0.6 is 0 Å². The van der Waals surface area contributed by atoms with Gasteiger partial charge in [0.2, 0.25) is 0 Å². The maximum atomic E-state index is 12.2. The molecule has 0 radical (unpaired) electrons. The zero-order valence-electron chi connectivity index (χ0n) is 28.3. The molecule has 0 aliphatic heterocycles. The normalized spacial score (nSPS) is 16.5. The largest absolute Gasteiger partial charge is 0.490 e. The molecule has 254 valence electrons. The Hall–Kier alpha value is -3.36. The number of rotatable bonds is 19. The van der Waals surface area contributed by atoms with E-state index in [1.165, 1.54) is 62.5 Å². The van der Waals surface area contributed by atoms with Crippen molar-refractivity contribution in [2.45, 2.75) is 91.4 Å². The third kappa shape index (κ3) is 11.2. The van der Waals surface area contributed by atoms with Crippen molar-refractivity contribution < 1.29 is 38.7 Å². The molecule has 0 atom stereocenters. The maximum Gasteiger partial charge on any atom is 0.335 e. The molecule has 1 aliphatic carbocycles. The van der Waals surface area contributed by atoms with Gasteiger partial charge in [0, 0.05) is 6.07 Å². The van der Waals surface area contributed by atoms with E-state index in [1.54, 1.807) is 19.9 Å². The molecule has 3 rings (SSSR count). The lowest BCUT2D eigenvalue weighted by molar-refractivity contribution is -0.156. The van der Waals surface area contributed by atoms with Crippen molar-refractivity contribution in [3.05, 3.63) is 59.7 Å². The van der Waals surface area contributed by atoms with Crippen LogP contribution in [0.25, 0.3) is 11.1 Å². The van der Waals surface area contributed by atoms with Gasteiger partial charge in [0.05, 0.1) is 24.2 Å². The van der Waals surface area contributed by atoms with Crippen LogP contribution in [-0.4, -0.2) is 61.8 Å². The Bertz CT molecular complexity index is 1280. The summed E-state index contributed by atoms with van der Waals surface area (Å²) in [6, 6.07) is 12.3. The van der Waals surface area contributed by atoms with Gasteiger partial charge in [-0.2, -0.15) is 0 Å². The molecular formula is C38H54O8. The summed E-state index contributed by atoms with van der Waals surface area (Å²) < 4.78 is 22.3. The van der Waals surface area contributed by atoms with Crippen LogP contribution in [0.3, 0.4) is 0 Å². The second-order valence-corrected chi connectivity index (χ2v) is 12.9. The Kier molecular flexibility index (Phi) is 15.1. The summed E-state index contributed by atoms with van der Waals surface area (Å²) in [4.78, 5) is 24.0. The van der Waals surface area contributed by atoms with E-state index in [1.807, 2.05) is 12.1 Å². The van der Waals surface area contributed by atoms with Crippen molar-refractivity contribution in [3.8, 4) is 22.6 Å². The van der Waals surface area contributed by atoms with Gasteiger partial charge < -0.3 is 29.2 Å². The van der Waals surface area contributed by atoms with Crippen molar-refractivity contribution >= 4 is 11.9 Å². The second-order valence-electron chi connectivity index (χ2n) is 12.9. The van der Waals surface area contributed by atoms with Crippen LogP contribution in [0.2, 0.25) is 0 Å². The number of carbonyl (C=O) groups is 2. The summed E-state index contributed by atoms with van der Waals surface area (Å²) in [6.07, 6.45) is 11.4. The van der Waals surface area contributed by atoms with Crippen molar-refractivity contribution in [3.63, 3.8) is 0 Å². The molecule has 0 unspecified atom stereocenters. The third-order valence-electron chi connectivity index (χ3n) is 8.84. The van der Waals surface area contributed by atoms with Crippen LogP contribution in [0.1, 0.15) is 96.1 Å². The minimum atomic E-state index is -0.981. The molecule has 0 saturated heterocycles. The first-order valence-corrected chi connectivity index (χ1v) is 16.9. The molecule has 0 spiro atoms. The predicted molar refractivity (Wildman–Crippen MR) is 180 cm³/mol. The van der Waals surface area contributed by atoms with E-state index in [2.05, 4.69) is 38.6 Å². The Morgan fingerprint density at radius 2 is 1.50 bits per heavy atom. The SMILES string of the molecule is C=C(CO)C(=O)OCCOc1cc(OCCOC(=O)C(C)(C)CO)cc(-c2ccc(C3CCC(CCCCC)CC3)c(CC)c2)c1. The number of hydrogen-bond acceptors (Lipinski definition) is 8. The van der Waals surface area contributed by atoms with Crippen LogP contribution in [0.4, 0.5) is 0 Å². The second kappa shape index (κ2) is 18.7. The fraction of sp³-hybridized carbons (Fsp3) is 0.579.